The summed E-state index contributed by atoms with van der Waals surface area (Å²) in [7, 11) is 0. The van der Waals surface area contributed by atoms with Crippen molar-refractivity contribution >= 4 is 29.5 Å². The first-order valence-electron chi connectivity index (χ1n) is 40.0. The van der Waals surface area contributed by atoms with Gasteiger partial charge in [0.1, 0.15) is 238 Å². The van der Waals surface area contributed by atoms with Crippen molar-refractivity contribution in [3.8, 4) is 0 Å². The van der Waals surface area contributed by atoms with Crippen LogP contribution in [0.4, 0.5) is 0 Å². The molecule has 1 unspecified atom stereocenters. The Kier molecular flexibility index (Phi) is 36.8. The molecule has 0 aromatic heterocycles. The van der Waals surface area contributed by atoms with E-state index in [0.29, 0.717) is 0 Å². The van der Waals surface area contributed by atoms with E-state index in [9.17, 15) is 157 Å². The second-order valence-electron chi connectivity index (χ2n) is 31.8. The van der Waals surface area contributed by atoms with Crippen molar-refractivity contribution in [2.45, 2.75) is 348 Å². The molecule has 0 spiro atoms. The summed E-state index contributed by atoms with van der Waals surface area (Å²) in [6.45, 7) is -3.77. The molecule has 125 heavy (non-hydrogen) atoms. The Labute approximate surface area is 708 Å². The van der Waals surface area contributed by atoms with Crippen molar-refractivity contribution in [3.05, 3.63) is 0 Å². The summed E-state index contributed by atoms with van der Waals surface area (Å²) in [6.07, 6.45) is -93.4. The number of hydrogen-bond donors (Lipinski definition) is 31. The van der Waals surface area contributed by atoms with Crippen molar-refractivity contribution in [1.29, 1.82) is 0 Å². The second-order valence-corrected chi connectivity index (χ2v) is 31.8. The summed E-state index contributed by atoms with van der Waals surface area (Å²) in [5.41, 5.74) is 0. The summed E-state index contributed by atoms with van der Waals surface area (Å²) in [6, 6.07) is -9.25. The lowest BCUT2D eigenvalue weighted by Gasteiger charge is -2.51. The molecule has 55 nitrogen and oxygen atoms in total. The van der Waals surface area contributed by atoms with Gasteiger partial charge in [-0.2, -0.15) is 0 Å². The van der Waals surface area contributed by atoms with Gasteiger partial charge in [-0.05, 0) is 6.92 Å². The topological polar surface area (TPSA) is 847 Å². The van der Waals surface area contributed by atoms with E-state index in [1.807, 2.05) is 0 Å². The minimum absolute atomic E-state index is 0.804. The number of rotatable bonds is 32. The van der Waals surface area contributed by atoms with Crippen LogP contribution in [0.1, 0.15) is 41.5 Å². The Morgan fingerprint density at radius 1 is 0.224 bits per heavy atom. The van der Waals surface area contributed by atoms with Crippen LogP contribution in [0.25, 0.3) is 0 Å². The van der Waals surface area contributed by atoms with Crippen LogP contribution in [-0.2, 0) is 114 Å². The first kappa shape index (κ1) is 103. The Hall–Kier alpha value is -4.45. The van der Waals surface area contributed by atoms with Crippen molar-refractivity contribution in [2.75, 3.05) is 59.5 Å². The highest BCUT2D eigenvalue weighted by Gasteiger charge is 2.61. The first-order valence-corrected chi connectivity index (χ1v) is 40.0. The number of amides is 5. The zero-order valence-corrected chi connectivity index (χ0v) is 67.7. The number of aliphatic hydroxyl groups excluding tert-OH is 26. The molecule has 0 aromatic carbocycles. The van der Waals surface area contributed by atoms with E-state index < -0.39 is 396 Å². The molecule has 0 aromatic rings. The molecule has 0 saturated carbocycles. The van der Waals surface area contributed by atoms with Crippen LogP contribution in [0, 0.1) is 0 Å². The largest absolute Gasteiger partial charge is 0.394 e. The smallest absolute Gasteiger partial charge is 0.217 e. The third-order valence-electron chi connectivity index (χ3n) is 22.8. The SMILES string of the molecule is CC(=O)N[C@@H]1[C@H](O[C@@H]2[C@@H](O[C@@H]3[C@H](O)[C@H](O[C@H]4[C@H](O)[C@@H](NC(C)=O)[C@H](O[C@H]5[C@H](O)[C@@H](NC(C)=O)C(O)O[C@@H]5CO)O[C@@H]4CO)O[C@H](CO[C@H]4O[C@H](CO[C@@H]5O[C@H](CO[C@@H]6O[C@@H](C)[C@@H](O)[C@@H](O)[C@@H]6O)[C@@H](O)[C@H](O)[C@H]5NC(C)=O)[C@@H](O)[C@H](O)[C@@H]4O[C@@H]4O[C@H](CO)[C@@H](O[C@@H]5O[C@H](CO)[C@H](O)[C@H](O)[C@H]5O)[C@H](O)[C@H]4NC(C)=O)[C@H]3O)O[C@H](CO)[C@@H](O)[C@@H]2O)O[C@H](CO)[C@@H](O)[C@@H]1O. The summed E-state index contributed by atoms with van der Waals surface area (Å²) < 4.78 is 114. The van der Waals surface area contributed by atoms with Crippen LogP contribution in [-0.4, -0.2) is 529 Å². The normalized spacial score (nSPS) is 48.7. The molecule has 722 valence electrons. The molecule has 0 radical (unpaired) electrons. The van der Waals surface area contributed by atoms with Crippen molar-refractivity contribution in [1.82, 2.24) is 26.6 Å². The van der Waals surface area contributed by atoms with E-state index in [1.54, 1.807) is 0 Å². The molecule has 0 aliphatic carbocycles. The number of nitrogens with one attached hydrogen (secondary N) is 5. The molecule has 10 aliphatic heterocycles. The maximum absolute atomic E-state index is 13.2. The van der Waals surface area contributed by atoms with Gasteiger partial charge in [-0.25, -0.2) is 0 Å². The second kappa shape index (κ2) is 44.9. The molecular formula is C70H117N5O50. The molecule has 55 heteroatoms. The Morgan fingerprint density at radius 3 is 0.952 bits per heavy atom. The number of aliphatic hydroxyl groups is 26. The molecule has 10 heterocycles. The Balaban J connectivity index is 1.02. The zero-order chi connectivity index (χ0) is 92.1. The van der Waals surface area contributed by atoms with E-state index >= 15 is 0 Å². The summed E-state index contributed by atoms with van der Waals surface area (Å²) in [5, 5.41) is 304. The van der Waals surface area contributed by atoms with Gasteiger partial charge in [0.05, 0.1) is 65.6 Å². The average Bonchev–Trinajstić information content (AvgIpc) is 0.763. The predicted molar refractivity (Wildman–Crippen MR) is 386 cm³/mol. The van der Waals surface area contributed by atoms with Gasteiger partial charge in [0.15, 0.2) is 62.9 Å². The molecule has 10 aliphatic rings. The van der Waals surface area contributed by atoms with Gasteiger partial charge in [0, 0.05) is 34.6 Å². The van der Waals surface area contributed by atoms with E-state index in [2.05, 4.69) is 26.6 Å². The van der Waals surface area contributed by atoms with Gasteiger partial charge in [0.2, 0.25) is 29.5 Å². The van der Waals surface area contributed by atoms with Gasteiger partial charge in [-0.3, -0.25) is 24.0 Å². The van der Waals surface area contributed by atoms with E-state index in [0.717, 1.165) is 34.6 Å². The van der Waals surface area contributed by atoms with E-state index in [4.69, 9.17) is 90.0 Å². The summed E-state index contributed by atoms with van der Waals surface area (Å²) in [4.78, 5) is 63.9. The summed E-state index contributed by atoms with van der Waals surface area (Å²) in [5.74, 6) is -4.54. The fraction of sp³-hybridized carbons (Fsp3) is 0.929. The fourth-order valence-corrected chi connectivity index (χ4v) is 16.1. The van der Waals surface area contributed by atoms with Crippen LogP contribution in [0.2, 0.25) is 0 Å². The van der Waals surface area contributed by atoms with Gasteiger partial charge < -0.3 is 249 Å². The predicted octanol–water partition coefficient (Wildman–Crippen LogP) is -21.1. The van der Waals surface area contributed by atoms with Crippen molar-refractivity contribution in [2.24, 2.45) is 0 Å². The lowest BCUT2D eigenvalue weighted by atomic mass is 9.93. The van der Waals surface area contributed by atoms with Crippen LogP contribution in [0.5, 0.6) is 0 Å². The standard InChI is InChI=1S/C70H117N5O50/c1-16-36(87)48(99)52(103)66(110-16)108-14-28-40(91)43(94)32(72-18(3)83)62(117-28)107-13-29-41(92)51(102)59(124-65-35(75-21(6)86)47(98)56(26(11-80)116-65)121-67-53(104)49(100)38(89)23(8-77)113-67)69(119-29)109-15-30-42(93)58(123-70-60(50(101)39(90)24(9-78)114-70)125-63-33(73-19(4)84)44(95)37(88)22(7-76)112-63)54(105)68(118-30)122-57-27(12-81)115-64(34(46(57)97)74-20(5)85)120-55-25(10-79)111-61(106)31(45(55)96)71-17(2)82/h16,22-70,76-81,87-106H,7-15H2,1-6H3,(H,71,82)(H,72,83)(H,73,84)(H,74,85)(H,75,86)/t16-,22+,23+,24+,25+,26+,27+,28+,29+,30+,31+,32+,33-,34+,35+,36+,37+,38-,39+,40+,41+,42+,43+,44+,45+,46+,47+,48+,49-,50-,51-,52-,53+,54-,55+,56+,57+,58-,59-,60-,61?,62+,63-,64-,65-,66+,67-,68-,69-,70+/m0/s1. The highest BCUT2D eigenvalue weighted by atomic mass is 16.8. The molecular weight excluding hydrogens is 1710 g/mol. The molecule has 50 atom stereocenters. The maximum Gasteiger partial charge on any atom is 0.217 e. The number of hydrogen-bond acceptors (Lipinski definition) is 50. The quantitative estimate of drug-likeness (QED) is 0.0297. The van der Waals surface area contributed by atoms with E-state index in [1.165, 1.54) is 6.92 Å². The average molecular weight is 1830 g/mol. The monoisotopic (exact) mass is 1830 g/mol. The zero-order valence-electron chi connectivity index (χ0n) is 67.7. The number of ether oxygens (including phenoxy) is 19. The third-order valence-corrected chi connectivity index (χ3v) is 22.8. The van der Waals surface area contributed by atoms with E-state index in [-0.39, 0.29) is 0 Å². The van der Waals surface area contributed by atoms with Crippen molar-refractivity contribution < 1.29 is 247 Å². The fourth-order valence-electron chi connectivity index (χ4n) is 16.1. The van der Waals surface area contributed by atoms with Gasteiger partial charge in [-0.15, -0.1) is 0 Å². The molecule has 10 saturated heterocycles. The minimum Gasteiger partial charge on any atom is -0.394 e. The Bertz CT molecular complexity index is 3420. The molecule has 31 N–H and O–H groups in total. The van der Waals surface area contributed by atoms with Crippen LogP contribution in [0.3, 0.4) is 0 Å². The lowest BCUT2D eigenvalue weighted by molar-refractivity contribution is -0.397. The highest BCUT2D eigenvalue weighted by Crippen LogP contribution is 2.40. The summed E-state index contributed by atoms with van der Waals surface area (Å²) >= 11 is 0. The van der Waals surface area contributed by atoms with Gasteiger partial charge in [-0.1, -0.05) is 0 Å². The number of carbonyl (C=O) groups excluding carboxylic acids is 5. The van der Waals surface area contributed by atoms with Crippen LogP contribution < -0.4 is 26.6 Å². The molecule has 5 amide bonds. The Morgan fingerprint density at radius 2 is 0.496 bits per heavy atom. The number of carbonyl (C=O) groups is 5. The van der Waals surface area contributed by atoms with Gasteiger partial charge >= 0.3 is 0 Å². The lowest BCUT2D eigenvalue weighted by Crippen LogP contribution is -2.70. The molecule has 0 bridgehead atoms. The molecule has 10 fully saturated rings. The minimum atomic E-state index is -2.62. The van der Waals surface area contributed by atoms with Crippen LogP contribution >= 0.6 is 0 Å². The molecule has 10 rings (SSSR count). The maximum atomic E-state index is 13.2. The van der Waals surface area contributed by atoms with Crippen molar-refractivity contribution in [3.63, 3.8) is 0 Å². The first-order chi connectivity index (χ1) is 59.0. The highest BCUT2D eigenvalue weighted by molar-refractivity contribution is 5.75. The van der Waals surface area contributed by atoms with Gasteiger partial charge in [0.25, 0.3) is 0 Å². The van der Waals surface area contributed by atoms with Crippen LogP contribution in [0.15, 0.2) is 0 Å². The third kappa shape index (κ3) is 23.3.